The van der Waals surface area contributed by atoms with Gasteiger partial charge in [-0.05, 0) is 46.1 Å². The van der Waals surface area contributed by atoms with Crippen molar-refractivity contribution >= 4 is 6.21 Å². The van der Waals surface area contributed by atoms with Gasteiger partial charge in [-0.25, -0.2) is 0 Å². The van der Waals surface area contributed by atoms with Crippen LogP contribution in [0.4, 0.5) is 0 Å². The Labute approximate surface area is 111 Å². The highest BCUT2D eigenvalue weighted by Crippen LogP contribution is 2.42. The van der Waals surface area contributed by atoms with E-state index in [1.165, 1.54) is 32.2 Å². The normalized spacial score (nSPS) is 32.6. The van der Waals surface area contributed by atoms with E-state index in [0.717, 1.165) is 6.61 Å². The van der Waals surface area contributed by atoms with E-state index >= 15 is 0 Å². The Hall–Kier alpha value is -0.610. The first kappa shape index (κ1) is 13.8. The third-order valence-corrected chi connectivity index (χ3v) is 4.11. The van der Waals surface area contributed by atoms with Crippen LogP contribution in [0, 0.1) is 0 Å². The van der Waals surface area contributed by atoms with E-state index in [0.29, 0.717) is 17.7 Å². The highest BCUT2D eigenvalue weighted by molar-refractivity contribution is 5.65. The first-order chi connectivity index (χ1) is 8.53. The zero-order chi connectivity index (χ0) is 13.2. The van der Waals surface area contributed by atoms with E-state index in [-0.39, 0.29) is 0 Å². The third kappa shape index (κ3) is 2.86. The fourth-order valence-corrected chi connectivity index (χ4v) is 3.23. The molecular weight excluding hydrogens is 226 g/mol. The van der Waals surface area contributed by atoms with Crippen LogP contribution in [-0.4, -0.2) is 61.1 Å². The molecule has 2 aliphatic heterocycles. The Balaban J connectivity index is 2.00. The Morgan fingerprint density at radius 3 is 2.89 bits per heavy atom. The molecule has 0 aliphatic carbocycles. The molecular formula is C14H27N3O. The molecule has 0 aromatic heterocycles. The van der Waals surface area contributed by atoms with Crippen molar-refractivity contribution < 1.29 is 4.74 Å². The molecule has 104 valence electrons. The summed E-state index contributed by atoms with van der Waals surface area (Å²) in [5, 5.41) is 6.29. The summed E-state index contributed by atoms with van der Waals surface area (Å²) in [7, 11) is 3.95. The van der Waals surface area contributed by atoms with Crippen LogP contribution >= 0.6 is 0 Å². The zero-order valence-electron chi connectivity index (χ0n) is 12.2. The molecule has 4 heteroatoms. The molecule has 0 N–H and O–H groups in total. The predicted octanol–water partition coefficient (Wildman–Crippen LogP) is 1.96. The van der Waals surface area contributed by atoms with Crippen molar-refractivity contribution in [2.24, 2.45) is 5.10 Å². The molecule has 2 heterocycles. The average molecular weight is 253 g/mol. The van der Waals surface area contributed by atoms with E-state index in [1.54, 1.807) is 0 Å². The summed E-state index contributed by atoms with van der Waals surface area (Å²) in [6.07, 6.45) is 7.50. The lowest BCUT2D eigenvalue weighted by atomic mass is 9.95. The van der Waals surface area contributed by atoms with Crippen LogP contribution in [-0.2, 0) is 4.74 Å². The van der Waals surface area contributed by atoms with Gasteiger partial charge in [0.1, 0.15) is 0 Å². The van der Waals surface area contributed by atoms with Crippen LogP contribution in [0.25, 0.3) is 0 Å². The van der Waals surface area contributed by atoms with Crippen molar-refractivity contribution in [1.29, 1.82) is 0 Å². The molecule has 0 bridgehead atoms. The molecule has 0 saturated carbocycles. The molecule has 0 amide bonds. The van der Waals surface area contributed by atoms with Gasteiger partial charge in [-0.15, -0.1) is 0 Å². The molecule has 0 unspecified atom stereocenters. The van der Waals surface area contributed by atoms with Gasteiger partial charge < -0.3 is 9.75 Å². The van der Waals surface area contributed by atoms with E-state index in [2.05, 4.69) is 30.1 Å². The van der Waals surface area contributed by atoms with Gasteiger partial charge in [0.2, 0.25) is 0 Å². The Morgan fingerprint density at radius 2 is 2.22 bits per heavy atom. The summed E-state index contributed by atoms with van der Waals surface area (Å²) in [4.78, 5) is 2.63. The number of ether oxygens (including phenoxy) is 1. The summed E-state index contributed by atoms with van der Waals surface area (Å²) in [5.41, 5.74) is 0.299. The van der Waals surface area contributed by atoms with Crippen LogP contribution in [0.3, 0.4) is 0 Å². The second-order valence-electron chi connectivity index (χ2n) is 6.10. The third-order valence-electron chi connectivity index (χ3n) is 4.11. The Morgan fingerprint density at radius 1 is 1.44 bits per heavy atom. The maximum atomic E-state index is 5.91. The summed E-state index contributed by atoms with van der Waals surface area (Å²) in [6.45, 7) is 6.33. The monoisotopic (exact) mass is 253 g/mol. The lowest BCUT2D eigenvalue weighted by Crippen LogP contribution is -2.46. The first-order valence-corrected chi connectivity index (χ1v) is 7.13. The van der Waals surface area contributed by atoms with Gasteiger partial charge in [-0.1, -0.05) is 0 Å². The number of nitrogens with zero attached hydrogens (tertiary/aromatic N) is 3. The van der Waals surface area contributed by atoms with Crippen LogP contribution in [0.1, 0.15) is 39.5 Å². The van der Waals surface area contributed by atoms with Gasteiger partial charge in [-0.2, -0.15) is 5.10 Å². The van der Waals surface area contributed by atoms with Gasteiger partial charge in [0.05, 0.1) is 12.7 Å². The fourth-order valence-electron chi connectivity index (χ4n) is 3.23. The van der Waals surface area contributed by atoms with Crippen molar-refractivity contribution in [1.82, 2.24) is 9.91 Å². The SMILES string of the molecule is CC(C)OC[C@@]12CCCN1[C@H](/C=N/N(C)C)CC2. The van der Waals surface area contributed by atoms with Gasteiger partial charge in [0, 0.05) is 31.9 Å². The van der Waals surface area contributed by atoms with Gasteiger partial charge in [0.25, 0.3) is 0 Å². The lowest BCUT2D eigenvalue weighted by molar-refractivity contribution is -0.0000699. The van der Waals surface area contributed by atoms with E-state index in [4.69, 9.17) is 4.74 Å². The molecule has 18 heavy (non-hydrogen) atoms. The summed E-state index contributed by atoms with van der Waals surface area (Å²) in [5.74, 6) is 0. The van der Waals surface area contributed by atoms with E-state index < -0.39 is 0 Å². The maximum Gasteiger partial charge on any atom is 0.0654 e. The van der Waals surface area contributed by atoms with Crippen molar-refractivity contribution in [3.63, 3.8) is 0 Å². The van der Waals surface area contributed by atoms with Gasteiger partial charge in [-0.3, -0.25) is 4.90 Å². The van der Waals surface area contributed by atoms with Crippen LogP contribution in [0.5, 0.6) is 0 Å². The summed E-state index contributed by atoms with van der Waals surface area (Å²) in [6, 6.07) is 0.505. The number of hydrogen-bond donors (Lipinski definition) is 0. The molecule has 0 aromatic rings. The van der Waals surface area contributed by atoms with Gasteiger partial charge >= 0.3 is 0 Å². The maximum absolute atomic E-state index is 5.91. The Kier molecular flexibility index (Phi) is 4.28. The predicted molar refractivity (Wildman–Crippen MR) is 75.0 cm³/mol. The van der Waals surface area contributed by atoms with Crippen molar-refractivity contribution in [3.05, 3.63) is 0 Å². The Bertz CT molecular complexity index is 303. The molecule has 2 rings (SSSR count). The van der Waals surface area contributed by atoms with Gasteiger partial charge in [0.15, 0.2) is 0 Å². The number of hydrazone groups is 1. The minimum atomic E-state index is 0.299. The highest BCUT2D eigenvalue weighted by atomic mass is 16.5. The lowest BCUT2D eigenvalue weighted by Gasteiger charge is -2.34. The van der Waals surface area contributed by atoms with Crippen molar-refractivity contribution in [2.75, 3.05) is 27.2 Å². The fraction of sp³-hybridized carbons (Fsp3) is 0.929. The molecule has 0 radical (unpaired) electrons. The molecule has 2 aliphatic rings. The highest BCUT2D eigenvalue weighted by Gasteiger charge is 2.48. The second kappa shape index (κ2) is 5.57. The number of rotatable bonds is 5. The minimum absolute atomic E-state index is 0.299. The molecule has 0 spiro atoms. The van der Waals surface area contributed by atoms with Crippen LogP contribution < -0.4 is 0 Å². The second-order valence-corrected chi connectivity index (χ2v) is 6.10. The summed E-state index contributed by atoms with van der Waals surface area (Å²) >= 11 is 0. The average Bonchev–Trinajstić information content (AvgIpc) is 2.82. The molecule has 2 fully saturated rings. The standard InChI is InChI=1S/C14H27N3O/c1-12(2)18-11-14-7-5-9-17(14)13(6-8-14)10-15-16(3)4/h10,12-13H,5-9,11H2,1-4H3/b15-10+/t13-,14-/m0/s1. The molecule has 2 saturated heterocycles. The van der Waals surface area contributed by atoms with Crippen LogP contribution in [0.2, 0.25) is 0 Å². The van der Waals surface area contributed by atoms with Crippen molar-refractivity contribution in [3.8, 4) is 0 Å². The molecule has 2 atom stereocenters. The largest absolute Gasteiger partial charge is 0.377 e. The molecule has 4 nitrogen and oxygen atoms in total. The van der Waals surface area contributed by atoms with Crippen LogP contribution in [0.15, 0.2) is 5.10 Å². The van der Waals surface area contributed by atoms with Crippen molar-refractivity contribution in [2.45, 2.75) is 57.2 Å². The smallest absolute Gasteiger partial charge is 0.0654 e. The summed E-state index contributed by atoms with van der Waals surface area (Å²) < 4.78 is 5.91. The topological polar surface area (TPSA) is 28.1 Å². The van der Waals surface area contributed by atoms with E-state index in [1.807, 2.05) is 19.1 Å². The molecule has 0 aromatic carbocycles. The quantitative estimate of drug-likeness (QED) is 0.554. The minimum Gasteiger partial charge on any atom is -0.377 e. The number of fused-ring (bicyclic) bond motifs is 1. The number of hydrogen-bond acceptors (Lipinski definition) is 4. The first-order valence-electron chi connectivity index (χ1n) is 7.13. The zero-order valence-corrected chi connectivity index (χ0v) is 12.2. The van der Waals surface area contributed by atoms with E-state index in [9.17, 15) is 0 Å².